The predicted octanol–water partition coefficient (Wildman–Crippen LogP) is 5.60. The van der Waals surface area contributed by atoms with Crippen molar-refractivity contribution < 1.29 is 9.59 Å². The van der Waals surface area contributed by atoms with Crippen molar-refractivity contribution in [3.8, 4) is 0 Å². The minimum absolute atomic E-state index is 0.132. The van der Waals surface area contributed by atoms with Crippen LogP contribution in [0.15, 0.2) is 91.0 Å². The summed E-state index contributed by atoms with van der Waals surface area (Å²) in [6.07, 6.45) is 0. The highest BCUT2D eigenvalue weighted by molar-refractivity contribution is 5.95. The summed E-state index contributed by atoms with van der Waals surface area (Å²) in [4.78, 5) is 31.6. The summed E-state index contributed by atoms with van der Waals surface area (Å²) in [5.41, 5.74) is 3.87. The molecule has 5 nitrogen and oxygen atoms in total. The van der Waals surface area contributed by atoms with Crippen LogP contribution in [0.3, 0.4) is 0 Å². The maximum Gasteiger partial charge on any atom is 0.273 e. The number of para-hydroxylation sites is 1. The van der Waals surface area contributed by atoms with Crippen molar-refractivity contribution in [2.24, 2.45) is 0 Å². The van der Waals surface area contributed by atoms with Gasteiger partial charge in [0, 0.05) is 24.5 Å². The number of nitrogens with zero attached hydrogens (tertiary/aromatic N) is 2. The molecule has 0 saturated heterocycles. The molecule has 0 aliphatic rings. The van der Waals surface area contributed by atoms with Gasteiger partial charge in [-0.25, -0.2) is 4.98 Å². The minimum atomic E-state index is -0.232. The molecule has 1 N–H and O–H groups in total. The normalized spacial score (nSPS) is 11.7. The lowest BCUT2D eigenvalue weighted by Gasteiger charge is -2.30. The number of hydrogen-bond donors (Lipinski definition) is 1. The fraction of sp³-hybridized carbons (Fsp3) is 0.148. The number of rotatable bonds is 6. The first kappa shape index (κ1) is 21.2. The lowest BCUT2D eigenvalue weighted by atomic mass is 10.0. The van der Waals surface area contributed by atoms with Crippen molar-refractivity contribution in [2.45, 2.75) is 26.4 Å². The molecule has 0 bridgehead atoms. The molecule has 0 saturated carbocycles. The first-order valence-electron chi connectivity index (χ1n) is 10.6. The standard InChI is InChI=1S/C27H25N3O2/c1-19(23-12-8-13-24(17-23)28-20(2)31)30(18-21-9-4-3-5-10-21)27(32)26-16-15-22-11-6-7-14-25(22)29-26/h3-17,19H,18H2,1-2H3,(H,28,31). The molecule has 32 heavy (non-hydrogen) atoms. The van der Waals surface area contributed by atoms with Crippen LogP contribution in [0.25, 0.3) is 10.9 Å². The van der Waals surface area contributed by atoms with Crippen LogP contribution >= 0.6 is 0 Å². The highest BCUT2D eigenvalue weighted by atomic mass is 16.2. The van der Waals surface area contributed by atoms with Crippen molar-refractivity contribution in [2.75, 3.05) is 5.32 Å². The summed E-state index contributed by atoms with van der Waals surface area (Å²) in [6, 6.07) is 28.8. The molecule has 0 fully saturated rings. The maximum absolute atomic E-state index is 13.7. The molecular weight excluding hydrogens is 398 g/mol. The van der Waals surface area contributed by atoms with E-state index in [9.17, 15) is 9.59 Å². The summed E-state index contributed by atoms with van der Waals surface area (Å²) in [6.45, 7) is 3.92. The van der Waals surface area contributed by atoms with Gasteiger partial charge in [0.25, 0.3) is 5.91 Å². The Morgan fingerprint density at radius 3 is 2.44 bits per heavy atom. The first-order chi connectivity index (χ1) is 15.5. The lowest BCUT2D eigenvalue weighted by molar-refractivity contribution is -0.114. The molecule has 0 aliphatic carbocycles. The molecule has 4 aromatic rings. The number of anilines is 1. The molecule has 3 aromatic carbocycles. The second-order valence-electron chi connectivity index (χ2n) is 7.79. The molecule has 1 aromatic heterocycles. The van der Waals surface area contributed by atoms with E-state index in [2.05, 4.69) is 10.3 Å². The fourth-order valence-electron chi connectivity index (χ4n) is 3.76. The molecule has 1 unspecified atom stereocenters. The van der Waals surface area contributed by atoms with Crippen LogP contribution in [0.1, 0.15) is 41.5 Å². The smallest absolute Gasteiger partial charge is 0.273 e. The third kappa shape index (κ3) is 4.83. The number of nitrogens with one attached hydrogen (secondary N) is 1. The van der Waals surface area contributed by atoms with Gasteiger partial charge in [-0.1, -0.05) is 66.7 Å². The van der Waals surface area contributed by atoms with E-state index in [0.29, 0.717) is 17.9 Å². The van der Waals surface area contributed by atoms with Crippen LogP contribution in [0.2, 0.25) is 0 Å². The quantitative estimate of drug-likeness (QED) is 0.439. The first-order valence-corrected chi connectivity index (χ1v) is 10.6. The fourth-order valence-corrected chi connectivity index (χ4v) is 3.76. The Morgan fingerprint density at radius 2 is 1.66 bits per heavy atom. The van der Waals surface area contributed by atoms with Crippen molar-refractivity contribution in [1.29, 1.82) is 0 Å². The molecule has 0 aliphatic heterocycles. The zero-order chi connectivity index (χ0) is 22.5. The maximum atomic E-state index is 13.7. The van der Waals surface area contributed by atoms with Gasteiger partial charge in [-0.2, -0.15) is 0 Å². The zero-order valence-electron chi connectivity index (χ0n) is 18.2. The van der Waals surface area contributed by atoms with Gasteiger partial charge in [0.2, 0.25) is 5.91 Å². The third-order valence-electron chi connectivity index (χ3n) is 5.43. The summed E-state index contributed by atoms with van der Waals surface area (Å²) in [5.74, 6) is -0.274. The van der Waals surface area contributed by atoms with Gasteiger partial charge in [-0.05, 0) is 42.3 Å². The average Bonchev–Trinajstić information content (AvgIpc) is 2.82. The van der Waals surface area contributed by atoms with Crippen molar-refractivity contribution in [3.63, 3.8) is 0 Å². The van der Waals surface area contributed by atoms with E-state index in [1.165, 1.54) is 6.92 Å². The molecule has 4 rings (SSSR count). The number of carbonyl (C=O) groups is 2. The molecule has 1 heterocycles. The van der Waals surface area contributed by atoms with E-state index in [1.54, 1.807) is 6.07 Å². The molecular formula is C27H25N3O2. The van der Waals surface area contributed by atoms with Crippen molar-refractivity contribution >= 4 is 28.4 Å². The summed E-state index contributed by atoms with van der Waals surface area (Å²) < 4.78 is 0. The van der Waals surface area contributed by atoms with E-state index in [-0.39, 0.29) is 17.9 Å². The van der Waals surface area contributed by atoms with Crippen LogP contribution in [-0.4, -0.2) is 21.7 Å². The van der Waals surface area contributed by atoms with Crippen molar-refractivity contribution in [1.82, 2.24) is 9.88 Å². The Kier molecular flexibility index (Phi) is 6.26. The molecule has 160 valence electrons. The Labute approximate surface area is 187 Å². The second kappa shape index (κ2) is 9.43. The van der Waals surface area contributed by atoms with Crippen LogP contribution in [0.5, 0.6) is 0 Å². The minimum Gasteiger partial charge on any atom is -0.326 e. The molecule has 1 atom stereocenters. The lowest BCUT2D eigenvalue weighted by Crippen LogP contribution is -2.33. The summed E-state index contributed by atoms with van der Waals surface area (Å²) in [5, 5.41) is 3.81. The molecule has 0 radical (unpaired) electrons. The number of carbonyl (C=O) groups excluding carboxylic acids is 2. The van der Waals surface area contributed by atoms with Gasteiger partial charge >= 0.3 is 0 Å². The Hall–Kier alpha value is -3.99. The largest absolute Gasteiger partial charge is 0.326 e. The van der Waals surface area contributed by atoms with Crippen LogP contribution in [0.4, 0.5) is 5.69 Å². The average molecular weight is 424 g/mol. The monoisotopic (exact) mass is 423 g/mol. The number of pyridine rings is 1. The van der Waals surface area contributed by atoms with Crippen LogP contribution in [-0.2, 0) is 11.3 Å². The Bertz CT molecular complexity index is 1250. The summed E-state index contributed by atoms with van der Waals surface area (Å²) in [7, 11) is 0. The van der Waals surface area contributed by atoms with Gasteiger partial charge in [0.1, 0.15) is 5.69 Å². The number of fused-ring (bicyclic) bond motifs is 1. The van der Waals surface area contributed by atoms with Gasteiger partial charge < -0.3 is 10.2 Å². The number of amides is 2. The van der Waals surface area contributed by atoms with E-state index >= 15 is 0 Å². The van der Waals surface area contributed by atoms with Gasteiger partial charge in [0.05, 0.1) is 11.6 Å². The summed E-state index contributed by atoms with van der Waals surface area (Å²) >= 11 is 0. The molecule has 5 heteroatoms. The highest BCUT2D eigenvalue weighted by Crippen LogP contribution is 2.27. The third-order valence-corrected chi connectivity index (χ3v) is 5.43. The highest BCUT2D eigenvalue weighted by Gasteiger charge is 2.24. The topological polar surface area (TPSA) is 62.3 Å². The van der Waals surface area contributed by atoms with E-state index in [0.717, 1.165) is 22.0 Å². The second-order valence-corrected chi connectivity index (χ2v) is 7.79. The zero-order valence-corrected chi connectivity index (χ0v) is 18.2. The SMILES string of the molecule is CC(=O)Nc1cccc(C(C)N(Cc2ccccc2)C(=O)c2ccc3ccccc3n2)c1. The van der Waals surface area contributed by atoms with E-state index in [4.69, 9.17) is 0 Å². The van der Waals surface area contributed by atoms with Crippen LogP contribution in [0, 0.1) is 0 Å². The number of hydrogen-bond acceptors (Lipinski definition) is 3. The molecule has 0 spiro atoms. The Balaban J connectivity index is 1.70. The number of benzene rings is 3. The van der Waals surface area contributed by atoms with Gasteiger partial charge in [-0.3, -0.25) is 9.59 Å². The van der Waals surface area contributed by atoms with Crippen LogP contribution < -0.4 is 5.32 Å². The van der Waals surface area contributed by atoms with Gasteiger partial charge in [-0.15, -0.1) is 0 Å². The van der Waals surface area contributed by atoms with Crippen molar-refractivity contribution in [3.05, 3.63) is 108 Å². The predicted molar refractivity (Wildman–Crippen MR) is 127 cm³/mol. The van der Waals surface area contributed by atoms with Gasteiger partial charge in [0.15, 0.2) is 0 Å². The van der Waals surface area contributed by atoms with E-state index in [1.807, 2.05) is 96.8 Å². The Morgan fingerprint density at radius 1 is 0.906 bits per heavy atom. The number of aromatic nitrogens is 1. The van der Waals surface area contributed by atoms with E-state index < -0.39 is 0 Å². The molecule has 2 amide bonds.